The molecule has 1 aromatic heterocycles. The summed E-state index contributed by atoms with van der Waals surface area (Å²) >= 11 is 0. The van der Waals surface area contributed by atoms with E-state index < -0.39 is 0 Å². The van der Waals surface area contributed by atoms with Crippen molar-refractivity contribution in [3.05, 3.63) is 64.7 Å². The van der Waals surface area contributed by atoms with Gasteiger partial charge in [-0.2, -0.15) is 0 Å². The van der Waals surface area contributed by atoms with Gasteiger partial charge in [-0.25, -0.2) is 4.39 Å². The van der Waals surface area contributed by atoms with Gasteiger partial charge in [-0.05, 0) is 60.7 Å². The fourth-order valence-corrected chi connectivity index (χ4v) is 3.17. The van der Waals surface area contributed by atoms with Crippen molar-refractivity contribution >= 4 is 0 Å². The quantitative estimate of drug-likeness (QED) is 0.845. The molecule has 0 saturated carbocycles. The number of aromatic nitrogens is 1. The molecule has 0 spiro atoms. The monoisotopic (exact) mass is 284 g/mol. The van der Waals surface area contributed by atoms with Crippen LogP contribution in [0.25, 0.3) is 0 Å². The zero-order valence-corrected chi connectivity index (χ0v) is 12.4. The topological polar surface area (TPSA) is 24.9 Å². The third-order valence-electron chi connectivity index (χ3n) is 4.18. The van der Waals surface area contributed by atoms with E-state index in [0.717, 1.165) is 43.6 Å². The highest BCUT2D eigenvalue weighted by atomic mass is 19.1. The molecule has 1 aliphatic carbocycles. The lowest BCUT2D eigenvalue weighted by atomic mass is 9.91. The van der Waals surface area contributed by atoms with E-state index in [4.69, 9.17) is 0 Å². The van der Waals surface area contributed by atoms with Crippen molar-refractivity contribution in [2.45, 2.75) is 38.6 Å². The first-order valence-corrected chi connectivity index (χ1v) is 7.72. The van der Waals surface area contributed by atoms with Crippen molar-refractivity contribution in [2.24, 2.45) is 0 Å². The van der Waals surface area contributed by atoms with Gasteiger partial charge in [0, 0.05) is 18.7 Å². The van der Waals surface area contributed by atoms with E-state index in [0.29, 0.717) is 0 Å². The summed E-state index contributed by atoms with van der Waals surface area (Å²) in [6, 6.07) is 9.28. The Bertz CT molecular complexity index is 624. The van der Waals surface area contributed by atoms with E-state index in [1.165, 1.54) is 11.1 Å². The normalized spacial score (nSPS) is 17.0. The first-order valence-electron chi connectivity index (χ1n) is 7.72. The molecule has 1 unspecified atom stereocenters. The Morgan fingerprint density at radius 3 is 3.10 bits per heavy atom. The molecule has 21 heavy (non-hydrogen) atoms. The molecule has 2 nitrogen and oxygen atoms in total. The average Bonchev–Trinajstić information content (AvgIpc) is 2.93. The van der Waals surface area contributed by atoms with Gasteiger partial charge in [-0.3, -0.25) is 4.98 Å². The van der Waals surface area contributed by atoms with Gasteiger partial charge >= 0.3 is 0 Å². The third kappa shape index (κ3) is 2.98. The summed E-state index contributed by atoms with van der Waals surface area (Å²) in [6.45, 7) is 3.92. The minimum atomic E-state index is -0.159. The van der Waals surface area contributed by atoms with Gasteiger partial charge in [-0.15, -0.1) is 0 Å². The minimum Gasteiger partial charge on any atom is -0.313 e. The molecule has 3 heteroatoms. The maximum Gasteiger partial charge on any atom is 0.123 e. The molecule has 3 rings (SSSR count). The van der Waals surface area contributed by atoms with Crippen molar-refractivity contribution < 1.29 is 4.39 Å². The second-order valence-corrected chi connectivity index (χ2v) is 5.66. The maximum absolute atomic E-state index is 13.7. The van der Waals surface area contributed by atoms with Crippen LogP contribution in [-0.4, -0.2) is 11.5 Å². The standard InChI is InChI=1S/C18H21FN2/c1-2-9-20-12-14-5-7-15(19)11-17(14)16-8-6-13-4-3-10-21-18(13)16/h3-5,7,10-11,16,20H,2,6,8-9,12H2,1H3. The lowest BCUT2D eigenvalue weighted by Crippen LogP contribution is -2.16. The van der Waals surface area contributed by atoms with E-state index in [9.17, 15) is 4.39 Å². The van der Waals surface area contributed by atoms with Gasteiger partial charge in [-0.1, -0.05) is 19.1 Å². The van der Waals surface area contributed by atoms with Gasteiger partial charge in [0.2, 0.25) is 0 Å². The Balaban J connectivity index is 1.92. The molecule has 1 heterocycles. The van der Waals surface area contributed by atoms with Crippen molar-refractivity contribution in [3.63, 3.8) is 0 Å². The van der Waals surface area contributed by atoms with Crippen molar-refractivity contribution in [1.29, 1.82) is 0 Å². The number of nitrogens with one attached hydrogen (secondary N) is 1. The molecule has 0 saturated heterocycles. The molecule has 0 amide bonds. The van der Waals surface area contributed by atoms with Gasteiger partial charge in [0.15, 0.2) is 0 Å². The molecule has 110 valence electrons. The molecule has 0 aliphatic heterocycles. The number of hydrogen-bond acceptors (Lipinski definition) is 2. The van der Waals surface area contributed by atoms with E-state index >= 15 is 0 Å². The molecule has 1 aliphatic rings. The van der Waals surface area contributed by atoms with Gasteiger partial charge < -0.3 is 5.32 Å². The summed E-state index contributed by atoms with van der Waals surface area (Å²) in [6.07, 6.45) is 5.00. The van der Waals surface area contributed by atoms with Crippen molar-refractivity contribution in [3.8, 4) is 0 Å². The molecule has 0 radical (unpaired) electrons. The predicted octanol–water partition coefficient (Wildman–Crippen LogP) is 3.80. The first kappa shape index (κ1) is 14.2. The molecule has 2 aromatic rings. The zero-order chi connectivity index (χ0) is 14.7. The van der Waals surface area contributed by atoms with Crippen LogP contribution in [0, 0.1) is 5.82 Å². The summed E-state index contributed by atoms with van der Waals surface area (Å²) < 4.78 is 13.7. The van der Waals surface area contributed by atoms with Crippen LogP contribution in [0.1, 0.15) is 48.1 Å². The second-order valence-electron chi connectivity index (χ2n) is 5.66. The highest BCUT2D eigenvalue weighted by molar-refractivity contribution is 5.41. The molecule has 1 N–H and O–H groups in total. The van der Waals surface area contributed by atoms with Crippen LogP contribution in [0.15, 0.2) is 36.5 Å². The van der Waals surface area contributed by atoms with Crippen LogP contribution in [0.4, 0.5) is 4.39 Å². The summed E-state index contributed by atoms with van der Waals surface area (Å²) in [5.41, 5.74) is 4.71. The Kier molecular flexibility index (Phi) is 4.30. The molecule has 0 bridgehead atoms. The fraction of sp³-hybridized carbons (Fsp3) is 0.389. The van der Waals surface area contributed by atoms with Crippen molar-refractivity contribution in [2.75, 3.05) is 6.54 Å². The van der Waals surface area contributed by atoms with Crippen LogP contribution >= 0.6 is 0 Å². The summed E-state index contributed by atoms with van der Waals surface area (Å²) in [4.78, 5) is 4.54. The predicted molar refractivity (Wildman–Crippen MR) is 82.8 cm³/mol. The lowest BCUT2D eigenvalue weighted by molar-refractivity contribution is 0.614. The minimum absolute atomic E-state index is 0.159. The van der Waals surface area contributed by atoms with Crippen molar-refractivity contribution in [1.82, 2.24) is 10.3 Å². The average molecular weight is 284 g/mol. The fourth-order valence-electron chi connectivity index (χ4n) is 3.17. The lowest BCUT2D eigenvalue weighted by Gasteiger charge is -2.17. The second kappa shape index (κ2) is 6.35. The molecule has 1 atom stereocenters. The smallest absolute Gasteiger partial charge is 0.123 e. The highest BCUT2D eigenvalue weighted by Crippen LogP contribution is 2.38. The van der Waals surface area contributed by atoms with Crippen LogP contribution in [0.2, 0.25) is 0 Å². The summed E-state index contributed by atoms with van der Waals surface area (Å²) in [5, 5.41) is 3.42. The largest absolute Gasteiger partial charge is 0.313 e. The number of benzene rings is 1. The highest BCUT2D eigenvalue weighted by Gasteiger charge is 2.27. The van der Waals surface area contributed by atoms with Crippen LogP contribution in [0.5, 0.6) is 0 Å². The van der Waals surface area contributed by atoms with Gasteiger partial charge in [0.25, 0.3) is 0 Å². The van der Waals surface area contributed by atoms with E-state index in [1.54, 1.807) is 12.1 Å². The molecular formula is C18H21FN2. The Hall–Kier alpha value is -1.74. The SMILES string of the molecule is CCCNCc1ccc(F)cc1C1CCc2cccnc21. The van der Waals surface area contributed by atoms with Crippen LogP contribution in [-0.2, 0) is 13.0 Å². The number of rotatable bonds is 5. The summed E-state index contributed by atoms with van der Waals surface area (Å²) in [5.74, 6) is 0.0731. The van der Waals surface area contributed by atoms with E-state index in [1.807, 2.05) is 18.3 Å². The number of pyridine rings is 1. The van der Waals surface area contributed by atoms with E-state index in [2.05, 4.69) is 23.3 Å². The number of nitrogens with zero attached hydrogens (tertiary/aromatic N) is 1. The van der Waals surface area contributed by atoms with Crippen LogP contribution in [0.3, 0.4) is 0 Å². The summed E-state index contributed by atoms with van der Waals surface area (Å²) in [7, 11) is 0. The maximum atomic E-state index is 13.7. The van der Waals surface area contributed by atoms with Gasteiger partial charge in [0.1, 0.15) is 5.82 Å². The Morgan fingerprint density at radius 2 is 2.24 bits per heavy atom. The Labute approximate surface area is 125 Å². The van der Waals surface area contributed by atoms with E-state index in [-0.39, 0.29) is 11.7 Å². The van der Waals surface area contributed by atoms with Gasteiger partial charge in [0.05, 0.1) is 5.69 Å². The Morgan fingerprint density at radius 1 is 1.33 bits per heavy atom. The molecular weight excluding hydrogens is 263 g/mol. The molecule has 0 fully saturated rings. The number of halogens is 1. The number of hydrogen-bond donors (Lipinski definition) is 1. The molecule has 1 aromatic carbocycles. The first-order chi connectivity index (χ1) is 10.3. The number of aryl methyl sites for hydroxylation is 1. The number of fused-ring (bicyclic) bond motifs is 1. The zero-order valence-electron chi connectivity index (χ0n) is 12.4. The third-order valence-corrected chi connectivity index (χ3v) is 4.18. The van der Waals surface area contributed by atoms with Crippen LogP contribution < -0.4 is 5.32 Å².